The summed E-state index contributed by atoms with van der Waals surface area (Å²) in [7, 11) is -1.47. The number of ketones is 1. The van der Waals surface area contributed by atoms with Crippen molar-refractivity contribution < 1.29 is 14.8 Å². The summed E-state index contributed by atoms with van der Waals surface area (Å²) in [5.74, 6) is 0.115. The summed E-state index contributed by atoms with van der Waals surface area (Å²) >= 11 is 0. The molecule has 86 valence electrons. The van der Waals surface area contributed by atoms with Gasteiger partial charge in [0.15, 0.2) is 5.78 Å². The predicted molar refractivity (Wildman–Crippen MR) is 64.9 cm³/mol. The second-order valence-corrected chi connectivity index (χ2v) is 3.97. The van der Waals surface area contributed by atoms with Crippen LogP contribution in [0.1, 0.15) is 42.1 Å². The number of carbonyl (C=O) groups is 1. The average Bonchev–Trinajstić information content (AvgIpc) is 2.25. The first-order valence-electron chi connectivity index (χ1n) is 5.56. The van der Waals surface area contributed by atoms with E-state index in [1.165, 1.54) is 0 Å². The van der Waals surface area contributed by atoms with Crippen LogP contribution in [0.5, 0.6) is 0 Å². The molecule has 4 heteroatoms. The van der Waals surface area contributed by atoms with Crippen molar-refractivity contribution in [3.8, 4) is 0 Å². The highest BCUT2D eigenvalue weighted by molar-refractivity contribution is 6.59. The van der Waals surface area contributed by atoms with Crippen LogP contribution in [0.2, 0.25) is 0 Å². The van der Waals surface area contributed by atoms with Gasteiger partial charge in [0, 0.05) is 12.0 Å². The van der Waals surface area contributed by atoms with Gasteiger partial charge >= 0.3 is 7.12 Å². The van der Waals surface area contributed by atoms with E-state index in [4.69, 9.17) is 10.0 Å². The lowest BCUT2D eigenvalue weighted by Gasteiger charge is -2.07. The monoisotopic (exact) mass is 220 g/mol. The summed E-state index contributed by atoms with van der Waals surface area (Å²) in [6.45, 7) is 3.81. The van der Waals surface area contributed by atoms with Crippen molar-refractivity contribution in [2.75, 3.05) is 0 Å². The van der Waals surface area contributed by atoms with Crippen molar-refractivity contribution in [2.24, 2.45) is 0 Å². The molecule has 0 fully saturated rings. The highest BCUT2D eigenvalue weighted by Gasteiger charge is 2.15. The van der Waals surface area contributed by atoms with E-state index in [0.717, 1.165) is 18.4 Å². The van der Waals surface area contributed by atoms with Gasteiger partial charge < -0.3 is 10.0 Å². The van der Waals surface area contributed by atoms with Crippen molar-refractivity contribution in [3.63, 3.8) is 0 Å². The quantitative estimate of drug-likeness (QED) is 0.575. The number of hydrogen-bond acceptors (Lipinski definition) is 3. The average molecular weight is 220 g/mol. The Balaban J connectivity index is 2.84. The van der Waals surface area contributed by atoms with E-state index in [9.17, 15) is 4.79 Å². The van der Waals surface area contributed by atoms with Crippen LogP contribution in [0.25, 0.3) is 0 Å². The van der Waals surface area contributed by atoms with Crippen molar-refractivity contribution in [1.29, 1.82) is 0 Å². The minimum absolute atomic E-state index is 0.115. The van der Waals surface area contributed by atoms with Crippen LogP contribution in [-0.2, 0) is 0 Å². The van der Waals surface area contributed by atoms with Gasteiger partial charge in [0.1, 0.15) is 0 Å². The molecule has 2 N–H and O–H groups in total. The molecule has 0 radical (unpaired) electrons. The van der Waals surface area contributed by atoms with Crippen molar-refractivity contribution in [2.45, 2.75) is 33.1 Å². The van der Waals surface area contributed by atoms with E-state index in [1.54, 1.807) is 25.1 Å². The Morgan fingerprint density at radius 1 is 1.38 bits per heavy atom. The molecule has 0 amide bonds. The smallest absolute Gasteiger partial charge is 0.423 e. The number of hydrogen-bond donors (Lipinski definition) is 2. The third kappa shape index (κ3) is 3.19. The molecular formula is C12H17BO3. The van der Waals surface area contributed by atoms with E-state index in [-0.39, 0.29) is 5.78 Å². The molecule has 0 aliphatic heterocycles. The molecule has 0 heterocycles. The predicted octanol–water partition coefficient (Wildman–Crippen LogP) is 1.05. The van der Waals surface area contributed by atoms with Gasteiger partial charge in [-0.25, -0.2) is 0 Å². The minimum Gasteiger partial charge on any atom is -0.423 e. The van der Waals surface area contributed by atoms with Gasteiger partial charge in [-0.2, -0.15) is 0 Å². The molecule has 0 saturated heterocycles. The fourth-order valence-corrected chi connectivity index (χ4v) is 1.62. The molecular weight excluding hydrogens is 203 g/mol. The standard InChI is InChI=1S/C12H17BO3/c1-3-4-5-12(14)10-6-7-11(13(15)16)9(2)8-10/h6-8,15-16H,3-5H2,1-2H3. The summed E-state index contributed by atoms with van der Waals surface area (Å²) in [6.07, 6.45) is 2.44. The molecule has 0 aliphatic carbocycles. The maximum atomic E-state index is 11.7. The maximum Gasteiger partial charge on any atom is 0.488 e. The zero-order valence-corrected chi connectivity index (χ0v) is 9.73. The molecule has 3 nitrogen and oxygen atoms in total. The van der Waals surface area contributed by atoms with Crippen LogP contribution in [-0.4, -0.2) is 22.9 Å². The van der Waals surface area contributed by atoms with Crippen LogP contribution < -0.4 is 5.46 Å². The van der Waals surface area contributed by atoms with Crippen molar-refractivity contribution >= 4 is 18.4 Å². The minimum atomic E-state index is -1.47. The molecule has 0 saturated carbocycles. The molecule has 1 rings (SSSR count). The summed E-state index contributed by atoms with van der Waals surface area (Å²) in [6, 6.07) is 4.96. The first-order valence-corrected chi connectivity index (χ1v) is 5.56. The Morgan fingerprint density at radius 2 is 2.06 bits per heavy atom. The van der Waals surface area contributed by atoms with Gasteiger partial charge in [0.25, 0.3) is 0 Å². The van der Waals surface area contributed by atoms with Crippen molar-refractivity contribution in [3.05, 3.63) is 29.3 Å². The molecule has 1 aromatic rings. The summed E-state index contributed by atoms with van der Waals surface area (Å²) in [5.41, 5.74) is 1.83. The van der Waals surface area contributed by atoms with Crippen molar-refractivity contribution in [1.82, 2.24) is 0 Å². The van der Waals surface area contributed by atoms with E-state index in [0.29, 0.717) is 17.4 Å². The van der Waals surface area contributed by atoms with Gasteiger partial charge in [0.2, 0.25) is 0 Å². The largest absolute Gasteiger partial charge is 0.488 e. The van der Waals surface area contributed by atoms with E-state index in [2.05, 4.69) is 0 Å². The molecule has 1 aromatic carbocycles. The van der Waals surface area contributed by atoms with Gasteiger partial charge in [-0.15, -0.1) is 0 Å². The van der Waals surface area contributed by atoms with Crippen LogP contribution in [0, 0.1) is 6.92 Å². The molecule has 0 aromatic heterocycles. The molecule has 0 atom stereocenters. The van der Waals surface area contributed by atoms with Crippen LogP contribution in [0.4, 0.5) is 0 Å². The SMILES string of the molecule is CCCCC(=O)c1ccc(B(O)O)c(C)c1. The lowest BCUT2D eigenvalue weighted by Crippen LogP contribution is -2.32. The lowest BCUT2D eigenvalue weighted by molar-refractivity contribution is 0.0979. The van der Waals surface area contributed by atoms with Crippen LogP contribution >= 0.6 is 0 Å². The number of rotatable bonds is 5. The third-order valence-corrected chi connectivity index (χ3v) is 2.63. The maximum absolute atomic E-state index is 11.7. The number of Topliss-reactive ketones (excluding diaryl/α,β-unsaturated/α-hetero) is 1. The first kappa shape index (κ1) is 12.9. The van der Waals surface area contributed by atoms with Gasteiger partial charge in [-0.05, 0) is 24.9 Å². The zero-order valence-electron chi connectivity index (χ0n) is 9.73. The van der Waals surface area contributed by atoms with E-state index in [1.807, 2.05) is 6.92 Å². The number of carbonyl (C=O) groups excluding carboxylic acids is 1. The van der Waals surface area contributed by atoms with Crippen LogP contribution in [0.15, 0.2) is 18.2 Å². The highest BCUT2D eigenvalue weighted by Crippen LogP contribution is 2.08. The summed E-state index contributed by atoms with van der Waals surface area (Å²) in [4.78, 5) is 11.7. The second kappa shape index (κ2) is 5.82. The topological polar surface area (TPSA) is 57.5 Å². The Morgan fingerprint density at radius 3 is 2.56 bits per heavy atom. The van der Waals surface area contributed by atoms with E-state index < -0.39 is 7.12 Å². The third-order valence-electron chi connectivity index (χ3n) is 2.63. The molecule has 0 spiro atoms. The Hall–Kier alpha value is -1.13. The second-order valence-electron chi connectivity index (χ2n) is 3.97. The number of aryl methyl sites for hydroxylation is 1. The first-order chi connectivity index (χ1) is 7.56. The molecule has 16 heavy (non-hydrogen) atoms. The Kier molecular flexibility index (Phi) is 4.71. The normalized spacial score (nSPS) is 10.2. The number of unbranched alkanes of at least 4 members (excludes halogenated alkanes) is 1. The van der Waals surface area contributed by atoms with Crippen LogP contribution in [0.3, 0.4) is 0 Å². The molecule has 0 aliphatic rings. The van der Waals surface area contributed by atoms with Gasteiger partial charge in [-0.1, -0.05) is 31.0 Å². The summed E-state index contributed by atoms with van der Waals surface area (Å²) < 4.78 is 0. The lowest BCUT2D eigenvalue weighted by atomic mass is 9.76. The van der Waals surface area contributed by atoms with Gasteiger partial charge in [-0.3, -0.25) is 4.79 Å². The molecule has 0 unspecified atom stereocenters. The highest BCUT2D eigenvalue weighted by atomic mass is 16.4. The Bertz CT molecular complexity index is 375. The Labute approximate surface area is 96.3 Å². The fourth-order valence-electron chi connectivity index (χ4n) is 1.62. The zero-order chi connectivity index (χ0) is 12.1. The number of benzene rings is 1. The summed E-state index contributed by atoms with van der Waals surface area (Å²) in [5, 5.41) is 18.1. The van der Waals surface area contributed by atoms with E-state index >= 15 is 0 Å². The van der Waals surface area contributed by atoms with Gasteiger partial charge in [0.05, 0.1) is 0 Å². The molecule has 0 bridgehead atoms. The fraction of sp³-hybridized carbons (Fsp3) is 0.417.